The molecule has 0 aliphatic carbocycles. The van der Waals surface area contributed by atoms with Crippen LogP contribution in [0.3, 0.4) is 0 Å². The van der Waals surface area contributed by atoms with Gasteiger partial charge in [0.25, 0.3) is 0 Å². The van der Waals surface area contributed by atoms with Gasteiger partial charge in [-0.25, -0.2) is 0 Å². The molecule has 1 atom stereocenters. The van der Waals surface area contributed by atoms with Crippen molar-refractivity contribution < 1.29 is 18.3 Å². The van der Waals surface area contributed by atoms with Crippen LogP contribution < -0.4 is 0 Å². The molecule has 0 aromatic rings. The number of halogens is 3. The van der Waals surface area contributed by atoms with E-state index in [-0.39, 0.29) is 0 Å². The van der Waals surface area contributed by atoms with Crippen LogP contribution in [-0.2, 0) is 0 Å². The van der Waals surface area contributed by atoms with Crippen LogP contribution in [0.4, 0.5) is 13.2 Å². The first kappa shape index (κ1) is 11.8. The van der Waals surface area contributed by atoms with Gasteiger partial charge in [0, 0.05) is 6.54 Å². The van der Waals surface area contributed by atoms with E-state index in [1.54, 1.807) is 6.92 Å². The van der Waals surface area contributed by atoms with Gasteiger partial charge in [-0.15, -0.1) is 0 Å². The number of aliphatic hydroxyl groups is 1. The number of hydrogen-bond acceptors (Lipinski definition) is 2. The summed E-state index contributed by atoms with van der Waals surface area (Å²) in [6.07, 6.45) is -2.50. The van der Waals surface area contributed by atoms with Crippen molar-refractivity contribution in [3.8, 4) is 0 Å². The molecule has 5 heteroatoms. The van der Waals surface area contributed by atoms with Crippen molar-refractivity contribution >= 4 is 0 Å². The zero-order chi connectivity index (χ0) is 10.8. The van der Waals surface area contributed by atoms with E-state index in [4.69, 9.17) is 0 Å². The van der Waals surface area contributed by atoms with Crippen molar-refractivity contribution in [1.29, 1.82) is 0 Å². The Morgan fingerprint density at radius 1 is 1.29 bits per heavy atom. The minimum Gasteiger partial charge on any atom is -0.390 e. The van der Waals surface area contributed by atoms with Gasteiger partial charge in [-0.2, -0.15) is 13.2 Å². The van der Waals surface area contributed by atoms with Gasteiger partial charge in [0.1, 0.15) is 0 Å². The monoisotopic (exact) mass is 211 g/mol. The summed E-state index contributed by atoms with van der Waals surface area (Å²) in [5.41, 5.74) is -0.791. The fourth-order valence-electron chi connectivity index (χ4n) is 1.73. The molecule has 1 aliphatic heterocycles. The lowest BCUT2D eigenvalue weighted by Gasteiger charge is -2.23. The third-order valence-corrected chi connectivity index (χ3v) is 2.56. The van der Waals surface area contributed by atoms with Crippen LogP contribution in [0, 0.1) is 0 Å². The molecular formula is C9H16F3NO. The molecule has 0 saturated carbocycles. The first-order valence-electron chi connectivity index (χ1n) is 4.80. The van der Waals surface area contributed by atoms with Gasteiger partial charge >= 0.3 is 6.18 Å². The summed E-state index contributed by atoms with van der Waals surface area (Å²) in [7, 11) is 0. The van der Waals surface area contributed by atoms with E-state index in [1.165, 1.54) is 4.90 Å². The molecule has 14 heavy (non-hydrogen) atoms. The average Bonchev–Trinajstić information content (AvgIpc) is 2.10. The van der Waals surface area contributed by atoms with Gasteiger partial charge in [-0.3, -0.25) is 4.90 Å². The van der Waals surface area contributed by atoms with Crippen molar-refractivity contribution in [3.05, 3.63) is 0 Å². The highest BCUT2D eigenvalue weighted by molar-refractivity contribution is 4.79. The SMILES string of the molecule is CC1(O)CCCN(CC(F)(F)F)CC1. The molecule has 2 nitrogen and oxygen atoms in total. The zero-order valence-corrected chi connectivity index (χ0v) is 8.27. The van der Waals surface area contributed by atoms with E-state index in [2.05, 4.69) is 0 Å². The molecule has 0 aromatic carbocycles. The van der Waals surface area contributed by atoms with Crippen LogP contribution in [0.5, 0.6) is 0 Å². The maximum absolute atomic E-state index is 12.1. The highest BCUT2D eigenvalue weighted by Gasteiger charge is 2.33. The van der Waals surface area contributed by atoms with Crippen molar-refractivity contribution in [1.82, 2.24) is 4.90 Å². The van der Waals surface area contributed by atoms with E-state index in [0.717, 1.165) is 0 Å². The molecule has 0 aromatic heterocycles. The smallest absolute Gasteiger partial charge is 0.390 e. The molecule has 0 spiro atoms. The molecule has 0 amide bonds. The maximum Gasteiger partial charge on any atom is 0.401 e. The van der Waals surface area contributed by atoms with Crippen LogP contribution in [0.1, 0.15) is 26.2 Å². The van der Waals surface area contributed by atoms with E-state index in [9.17, 15) is 18.3 Å². The third-order valence-electron chi connectivity index (χ3n) is 2.56. The molecule has 1 heterocycles. The van der Waals surface area contributed by atoms with Gasteiger partial charge in [0.2, 0.25) is 0 Å². The standard InChI is InChI=1S/C9H16F3NO/c1-8(14)3-2-5-13(6-4-8)7-9(10,11)12/h14H,2-7H2,1H3. The zero-order valence-electron chi connectivity index (χ0n) is 8.27. The van der Waals surface area contributed by atoms with Crippen molar-refractivity contribution in [2.45, 2.75) is 38.0 Å². The predicted octanol–water partition coefficient (Wildman–Crippen LogP) is 1.79. The molecule has 1 rings (SSSR count). The van der Waals surface area contributed by atoms with Gasteiger partial charge < -0.3 is 5.11 Å². The van der Waals surface area contributed by atoms with E-state index < -0.39 is 18.3 Å². The van der Waals surface area contributed by atoms with Crippen LogP contribution in [-0.4, -0.2) is 41.4 Å². The van der Waals surface area contributed by atoms with Crippen molar-refractivity contribution in [2.75, 3.05) is 19.6 Å². The number of rotatable bonds is 1. The minimum atomic E-state index is -4.13. The Balaban J connectivity index is 2.43. The molecule has 1 saturated heterocycles. The second-order valence-corrected chi connectivity index (χ2v) is 4.24. The van der Waals surface area contributed by atoms with Crippen molar-refractivity contribution in [2.24, 2.45) is 0 Å². The Labute approximate surface area is 81.7 Å². The summed E-state index contributed by atoms with van der Waals surface area (Å²) in [6.45, 7) is 1.58. The molecule has 0 radical (unpaired) electrons. The van der Waals surface area contributed by atoms with Gasteiger partial charge in [0.15, 0.2) is 0 Å². The summed E-state index contributed by atoms with van der Waals surface area (Å²) in [5, 5.41) is 9.66. The Kier molecular flexibility index (Phi) is 3.42. The maximum atomic E-state index is 12.1. The fraction of sp³-hybridized carbons (Fsp3) is 1.00. The van der Waals surface area contributed by atoms with E-state index in [1.807, 2.05) is 0 Å². The Morgan fingerprint density at radius 2 is 1.93 bits per heavy atom. The Hall–Kier alpha value is -0.290. The predicted molar refractivity (Wildman–Crippen MR) is 47.0 cm³/mol. The van der Waals surface area contributed by atoms with Crippen LogP contribution in [0.2, 0.25) is 0 Å². The summed E-state index contributed by atoms with van der Waals surface area (Å²) in [6, 6.07) is 0. The largest absolute Gasteiger partial charge is 0.401 e. The minimum absolute atomic E-state index is 0.326. The first-order valence-corrected chi connectivity index (χ1v) is 4.80. The Bertz CT molecular complexity index is 191. The number of likely N-dealkylation sites (tertiary alicyclic amines) is 1. The highest BCUT2D eigenvalue weighted by atomic mass is 19.4. The van der Waals surface area contributed by atoms with Crippen LogP contribution in [0.15, 0.2) is 0 Å². The normalized spacial score (nSPS) is 31.5. The highest BCUT2D eigenvalue weighted by Crippen LogP contribution is 2.24. The summed E-state index contributed by atoms with van der Waals surface area (Å²) in [4.78, 5) is 1.36. The topological polar surface area (TPSA) is 23.5 Å². The van der Waals surface area contributed by atoms with Gasteiger partial charge in [0.05, 0.1) is 12.1 Å². The molecule has 1 fully saturated rings. The quantitative estimate of drug-likeness (QED) is 0.714. The van der Waals surface area contributed by atoms with Crippen molar-refractivity contribution in [3.63, 3.8) is 0 Å². The van der Waals surface area contributed by atoms with Gasteiger partial charge in [-0.05, 0) is 32.7 Å². The second-order valence-electron chi connectivity index (χ2n) is 4.24. The fourth-order valence-corrected chi connectivity index (χ4v) is 1.73. The second kappa shape index (κ2) is 4.06. The summed E-state index contributed by atoms with van der Waals surface area (Å²) in [5.74, 6) is 0. The molecule has 84 valence electrons. The van der Waals surface area contributed by atoms with Gasteiger partial charge in [-0.1, -0.05) is 0 Å². The van der Waals surface area contributed by atoms with E-state index >= 15 is 0 Å². The van der Waals surface area contributed by atoms with Crippen LogP contribution >= 0.6 is 0 Å². The lowest BCUT2D eigenvalue weighted by atomic mass is 9.98. The number of alkyl halides is 3. The summed E-state index contributed by atoms with van der Waals surface area (Å²) < 4.78 is 36.2. The molecule has 1 unspecified atom stereocenters. The van der Waals surface area contributed by atoms with Crippen LogP contribution in [0.25, 0.3) is 0 Å². The molecular weight excluding hydrogens is 195 g/mol. The lowest BCUT2D eigenvalue weighted by Crippen LogP contribution is -2.35. The number of nitrogens with zero attached hydrogens (tertiary/aromatic N) is 1. The average molecular weight is 211 g/mol. The number of hydrogen-bond donors (Lipinski definition) is 1. The lowest BCUT2D eigenvalue weighted by molar-refractivity contribution is -0.146. The molecule has 0 bridgehead atoms. The summed E-state index contributed by atoms with van der Waals surface area (Å²) >= 11 is 0. The molecule has 1 aliphatic rings. The third kappa shape index (κ3) is 4.28. The molecule has 1 N–H and O–H groups in total. The Morgan fingerprint density at radius 3 is 2.50 bits per heavy atom. The first-order chi connectivity index (χ1) is 6.29. The van der Waals surface area contributed by atoms with E-state index in [0.29, 0.717) is 32.4 Å².